The first kappa shape index (κ1) is 19.2. The second-order valence-electron chi connectivity index (χ2n) is 6.50. The normalized spacial score (nSPS) is 11.4. The van der Waals surface area contributed by atoms with Crippen molar-refractivity contribution in [2.45, 2.75) is 58.2 Å². The molecule has 1 rings (SSSR count). The minimum atomic E-state index is -1.75. The molecule has 0 radical (unpaired) electrons. The van der Waals surface area contributed by atoms with Crippen molar-refractivity contribution in [1.82, 2.24) is 13.7 Å². The van der Waals surface area contributed by atoms with Crippen LogP contribution >= 0.6 is 0 Å². The Morgan fingerprint density at radius 3 is 1.74 bits per heavy atom. The summed E-state index contributed by atoms with van der Waals surface area (Å²) >= 11 is 0. The number of unbranched alkanes of at least 4 members (excludes halogenated alkanes) is 1. The first-order valence-electron chi connectivity index (χ1n) is 7.95. The van der Waals surface area contributed by atoms with Crippen molar-refractivity contribution in [3.63, 3.8) is 0 Å². The summed E-state index contributed by atoms with van der Waals surface area (Å²) in [5.41, 5.74) is -1.70. The zero-order valence-corrected chi connectivity index (χ0v) is 15.4. The van der Waals surface area contributed by atoms with Crippen LogP contribution in [0.2, 0.25) is 19.1 Å². The van der Waals surface area contributed by atoms with Crippen LogP contribution in [0.3, 0.4) is 0 Å². The summed E-state index contributed by atoms with van der Waals surface area (Å²) in [4.78, 5) is 37.4. The summed E-state index contributed by atoms with van der Waals surface area (Å²) in [5.74, 6) is 0. The van der Waals surface area contributed by atoms with E-state index in [0.29, 0.717) is 6.17 Å². The van der Waals surface area contributed by atoms with Crippen LogP contribution in [-0.4, -0.2) is 21.8 Å². The molecule has 0 N–H and O–H groups in total. The topological polar surface area (TPSA) is 66.0 Å². The van der Waals surface area contributed by atoms with Crippen molar-refractivity contribution in [1.29, 1.82) is 0 Å². The molecule has 0 saturated heterocycles. The molecule has 0 aliphatic carbocycles. The maximum Gasteiger partial charge on any atom is 0.336 e. The van der Waals surface area contributed by atoms with Crippen LogP contribution in [0.4, 0.5) is 0 Å². The fourth-order valence-electron chi connectivity index (χ4n) is 2.55. The molecule has 7 heteroatoms. The standard InChI is InChI=1S/C16H27N3O3Si/c1-6-9-12-23(4,5)13-19-15(21)17(10-7-2)14(20)18(11-8-3)16(19)22/h7-8H,2-3,6,9-13H2,1,4-5H3. The van der Waals surface area contributed by atoms with E-state index in [2.05, 4.69) is 33.2 Å². The number of aromatic nitrogens is 3. The van der Waals surface area contributed by atoms with Crippen molar-refractivity contribution in [2.75, 3.05) is 0 Å². The van der Waals surface area contributed by atoms with Gasteiger partial charge in [-0.2, -0.15) is 0 Å². The Bertz CT molecular complexity index is 692. The SMILES string of the molecule is C=CCn1c(=O)n(CC=C)c(=O)n(C[Si](C)(C)CCCC)c1=O. The zero-order valence-electron chi connectivity index (χ0n) is 14.4. The number of rotatable bonds is 9. The maximum absolute atomic E-state index is 12.6. The molecule has 0 atom stereocenters. The van der Waals surface area contributed by atoms with E-state index in [1.165, 1.54) is 16.7 Å². The number of allylic oxidation sites excluding steroid dienone is 2. The maximum atomic E-state index is 12.6. The minimum absolute atomic E-state index is 0.0893. The average Bonchev–Trinajstić information content (AvgIpc) is 2.50. The predicted molar refractivity (Wildman–Crippen MR) is 96.8 cm³/mol. The first-order chi connectivity index (χ1) is 10.8. The van der Waals surface area contributed by atoms with Crippen molar-refractivity contribution in [2.24, 2.45) is 0 Å². The van der Waals surface area contributed by atoms with Gasteiger partial charge in [0.2, 0.25) is 0 Å². The molecular weight excluding hydrogens is 310 g/mol. The van der Waals surface area contributed by atoms with E-state index in [9.17, 15) is 14.4 Å². The highest BCUT2D eigenvalue weighted by Gasteiger charge is 2.24. The molecule has 6 nitrogen and oxygen atoms in total. The summed E-state index contributed by atoms with van der Waals surface area (Å²) < 4.78 is 3.33. The van der Waals surface area contributed by atoms with Gasteiger partial charge >= 0.3 is 17.1 Å². The third-order valence-corrected chi connectivity index (χ3v) is 6.68. The molecule has 1 aromatic heterocycles. The average molecular weight is 337 g/mol. The lowest BCUT2D eigenvalue weighted by atomic mass is 10.4. The fourth-order valence-corrected chi connectivity index (χ4v) is 5.15. The molecule has 0 unspecified atom stereocenters. The van der Waals surface area contributed by atoms with Crippen molar-refractivity contribution in [3.05, 3.63) is 56.8 Å². The largest absolute Gasteiger partial charge is 0.336 e. The van der Waals surface area contributed by atoms with Crippen LogP contribution in [0.15, 0.2) is 39.7 Å². The lowest BCUT2D eigenvalue weighted by Crippen LogP contribution is -2.56. The lowest BCUT2D eigenvalue weighted by molar-refractivity contribution is 0.506. The van der Waals surface area contributed by atoms with E-state index in [-0.39, 0.29) is 13.1 Å². The molecule has 0 bridgehead atoms. The third kappa shape index (κ3) is 4.54. The van der Waals surface area contributed by atoms with Gasteiger partial charge in [0.05, 0.1) is 21.2 Å². The Balaban J connectivity index is 3.50. The van der Waals surface area contributed by atoms with Gasteiger partial charge in [-0.25, -0.2) is 28.1 Å². The van der Waals surface area contributed by atoms with Crippen molar-refractivity contribution >= 4 is 8.07 Å². The molecular formula is C16H27N3O3Si. The second-order valence-corrected chi connectivity index (χ2v) is 11.6. The quantitative estimate of drug-likeness (QED) is 0.508. The van der Waals surface area contributed by atoms with Gasteiger partial charge in [-0.3, -0.25) is 0 Å². The highest BCUT2D eigenvalue weighted by Crippen LogP contribution is 2.14. The summed E-state index contributed by atoms with van der Waals surface area (Å²) in [6.07, 6.45) is 5.55. The van der Waals surface area contributed by atoms with Crippen molar-refractivity contribution in [3.8, 4) is 0 Å². The molecule has 0 amide bonds. The molecule has 23 heavy (non-hydrogen) atoms. The Morgan fingerprint density at radius 2 is 1.35 bits per heavy atom. The molecule has 0 aliphatic heterocycles. The molecule has 1 aromatic rings. The molecule has 0 fully saturated rings. The van der Waals surface area contributed by atoms with Gasteiger partial charge in [0, 0.05) is 6.17 Å². The van der Waals surface area contributed by atoms with Gasteiger partial charge in [0.15, 0.2) is 0 Å². The Kier molecular flexibility index (Phi) is 6.74. The monoisotopic (exact) mass is 337 g/mol. The predicted octanol–water partition coefficient (Wildman–Crippen LogP) is 1.59. The Hall–Kier alpha value is -1.89. The van der Waals surface area contributed by atoms with Gasteiger partial charge in [0.25, 0.3) is 0 Å². The van der Waals surface area contributed by atoms with E-state index in [4.69, 9.17) is 0 Å². The lowest BCUT2D eigenvalue weighted by Gasteiger charge is -2.23. The van der Waals surface area contributed by atoms with Gasteiger partial charge in [-0.05, 0) is 0 Å². The number of hydrogen-bond donors (Lipinski definition) is 0. The molecule has 128 valence electrons. The van der Waals surface area contributed by atoms with Crippen molar-refractivity contribution < 1.29 is 0 Å². The highest BCUT2D eigenvalue weighted by atomic mass is 28.3. The summed E-state index contributed by atoms with van der Waals surface area (Å²) in [5, 5.41) is 0. The number of nitrogens with zero attached hydrogens (tertiary/aromatic N) is 3. The van der Waals surface area contributed by atoms with Crippen LogP contribution in [0.1, 0.15) is 19.8 Å². The molecule has 0 aliphatic rings. The minimum Gasteiger partial charge on any atom is -0.248 e. The third-order valence-electron chi connectivity index (χ3n) is 3.80. The van der Waals surface area contributed by atoms with Crippen LogP contribution in [0.5, 0.6) is 0 Å². The van der Waals surface area contributed by atoms with E-state index >= 15 is 0 Å². The van der Waals surface area contributed by atoms with Crippen LogP contribution in [-0.2, 0) is 19.3 Å². The highest BCUT2D eigenvalue weighted by molar-refractivity contribution is 6.76. The van der Waals surface area contributed by atoms with E-state index < -0.39 is 25.1 Å². The fraction of sp³-hybridized carbons (Fsp3) is 0.562. The smallest absolute Gasteiger partial charge is 0.248 e. The van der Waals surface area contributed by atoms with Gasteiger partial charge in [-0.15, -0.1) is 13.2 Å². The molecule has 0 spiro atoms. The Morgan fingerprint density at radius 1 is 0.913 bits per heavy atom. The van der Waals surface area contributed by atoms with E-state index in [0.717, 1.165) is 28.0 Å². The summed E-state index contributed by atoms with van der Waals surface area (Å²) in [6.45, 7) is 13.8. The van der Waals surface area contributed by atoms with Crippen LogP contribution < -0.4 is 17.1 Å². The summed E-state index contributed by atoms with van der Waals surface area (Å²) in [7, 11) is -1.75. The van der Waals surface area contributed by atoms with Gasteiger partial charge in [0.1, 0.15) is 0 Å². The second kappa shape index (κ2) is 8.10. The van der Waals surface area contributed by atoms with Crippen LogP contribution in [0, 0.1) is 0 Å². The molecule has 1 heterocycles. The molecule has 0 saturated carbocycles. The Labute approximate surface area is 137 Å². The molecule has 0 aromatic carbocycles. The van der Waals surface area contributed by atoms with E-state index in [1.807, 2.05) is 0 Å². The van der Waals surface area contributed by atoms with Crippen LogP contribution in [0.25, 0.3) is 0 Å². The van der Waals surface area contributed by atoms with Gasteiger partial charge in [-0.1, -0.05) is 51.1 Å². The number of hydrogen-bond acceptors (Lipinski definition) is 3. The van der Waals surface area contributed by atoms with Gasteiger partial charge < -0.3 is 0 Å². The van der Waals surface area contributed by atoms with E-state index in [1.54, 1.807) is 0 Å². The zero-order chi connectivity index (χ0) is 17.6. The first-order valence-corrected chi connectivity index (χ1v) is 11.4. The summed E-state index contributed by atoms with van der Waals surface area (Å²) in [6, 6.07) is 1.04.